The Labute approximate surface area is 69.6 Å². The Hall–Kier alpha value is -0.690. The molecule has 1 nitrogen and oxygen atoms in total. The van der Waals surface area contributed by atoms with Crippen LogP contribution in [-0.2, 0) is 0 Å². The molecule has 0 aromatic carbocycles. The number of hydrogen-bond acceptors (Lipinski definition) is 1. The lowest BCUT2D eigenvalue weighted by Gasteiger charge is -2.03. The van der Waals surface area contributed by atoms with Crippen molar-refractivity contribution in [3.63, 3.8) is 0 Å². The van der Waals surface area contributed by atoms with Gasteiger partial charge in [0.15, 0.2) is 0 Å². The summed E-state index contributed by atoms with van der Waals surface area (Å²) in [5.41, 5.74) is 0. The van der Waals surface area contributed by atoms with Gasteiger partial charge in [0, 0.05) is 12.8 Å². The van der Waals surface area contributed by atoms with Gasteiger partial charge in [0.1, 0.15) is 6.61 Å². The first-order valence-electron chi connectivity index (χ1n) is 3.69. The first-order chi connectivity index (χ1) is 5.56. The van der Waals surface area contributed by atoms with Gasteiger partial charge in [0.05, 0.1) is 0 Å². The Kier molecular flexibility index (Phi) is 5.56. The van der Waals surface area contributed by atoms with E-state index in [-0.39, 0.29) is 13.0 Å². The summed E-state index contributed by atoms with van der Waals surface area (Å²) >= 11 is 0. The van der Waals surface area contributed by atoms with Crippen molar-refractivity contribution in [1.29, 1.82) is 0 Å². The van der Waals surface area contributed by atoms with Gasteiger partial charge >= 0.3 is 6.18 Å². The lowest BCUT2D eigenvalue weighted by Crippen LogP contribution is -2.05. The second-order valence-corrected chi connectivity index (χ2v) is 2.33. The maximum atomic E-state index is 11.6. The minimum absolute atomic E-state index is 0.115. The van der Waals surface area contributed by atoms with Gasteiger partial charge in [-0.3, -0.25) is 0 Å². The zero-order valence-electron chi connectivity index (χ0n) is 6.62. The fourth-order valence-electron chi connectivity index (χ4n) is 0.683. The minimum Gasteiger partial charge on any atom is -0.384 e. The van der Waals surface area contributed by atoms with Gasteiger partial charge in [-0.15, -0.1) is 5.92 Å². The van der Waals surface area contributed by atoms with Gasteiger partial charge in [0.2, 0.25) is 0 Å². The normalized spacial score (nSPS) is 10.7. The van der Waals surface area contributed by atoms with E-state index in [1.807, 2.05) is 0 Å². The van der Waals surface area contributed by atoms with Crippen LogP contribution in [0.4, 0.5) is 13.2 Å². The van der Waals surface area contributed by atoms with Crippen molar-refractivity contribution in [2.75, 3.05) is 6.61 Å². The highest BCUT2D eigenvalue weighted by atomic mass is 19.4. The molecule has 0 atom stereocenters. The first kappa shape index (κ1) is 11.3. The third-order valence-electron chi connectivity index (χ3n) is 1.22. The summed E-state index contributed by atoms with van der Waals surface area (Å²) < 4.78 is 34.7. The van der Waals surface area contributed by atoms with E-state index in [0.717, 1.165) is 0 Å². The molecule has 0 aromatic rings. The highest BCUT2D eigenvalue weighted by Gasteiger charge is 2.25. The van der Waals surface area contributed by atoms with E-state index in [1.54, 1.807) is 0 Å². The zero-order valence-corrected chi connectivity index (χ0v) is 6.62. The Morgan fingerprint density at radius 3 is 2.25 bits per heavy atom. The van der Waals surface area contributed by atoms with Gasteiger partial charge in [-0.1, -0.05) is 5.92 Å². The summed E-state index contributed by atoms with van der Waals surface area (Å²) in [6.07, 6.45) is -3.81. The maximum Gasteiger partial charge on any atom is 0.389 e. The van der Waals surface area contributed by atoms with Gasteiger partial charge in [-0.05, 0) is 12.8 Å². The van der Waals surface area contributed by atoms with Crippen LogP contribution >= 0.6 is 0 Å². The van der Waals surface area contributed by atoms with Crippen LogP contribution in [0.2, 0.25) is 0 Å². The Bertz CT molecular complexity index is 163. The maximum absolute atomic E-state index is 11.6. The van der Waals surface area contributed by atoms with Crippen molar-refractivity contribution in [3.8, 4) is 11.8 Å². The van der Waals surface area contributed by atoms with Crippen molar-refractivity contribution in [2.45, 2.75) is 31.9 Å². The monoisotopic (exact) mass is 180 g/mol. The fourth-order valence-corrected chi connectivity index (χ4v) is 0.683. The van der Waals surface area contributed by atoms with Crippen molar-refractivity contribution in [1.82, 2.24) is 0 Å². The standard InChI is InChI=1S/C8H11F3O/c9-8(10,11)6-4-2-1-3-5-7-12/h12H,1-2,4,6-7H2. The van der Waals surface area contributed by atoms with Gasteiger partial charge < -0.3 is 5.11 Å². The molecule has 4 heteroatoms. The molecule has 0 aliphatic rings. The Morgan fingerprint density at radius 2 is 1.75 bits per heavy atom. The average molecular weight is 180 g/mol. The van der Waals surface area contributed by atoms with E-state index in [4.69, 9.17) is 5.11 Å². The molecule has 0 fully saturated rings. The number of aliphatic hydroxyl groups excluding tert-OH is 1. The molecule has 0 spiro atoms. The smallest absolute Gasteiger partial charge is 0.384 e. The molecular formula is C8H11F3O. The van der Waals surface area contributed by atoms with Crippen LogP contribution in [0.1, 0.15) is 25.7 Å². The van der Waals surface area contributed by atoms with Crippen molar-refractivity contribution in [2.24, 2.45) is 0 Å². The van der Waals surface area contributed by atoms with Crippen molar-refractivity contribution < 1.29 is 18.3 Å². The second-order valence-electron chi connectivity index (χ2n) is 2.33. The Balaban J connectivity index is 3.22. The van der Waals surface area contributed by atoms with Crippen LogP contribution in [0.5, 0.6) is 0 Å². The third kappa shape index (κ3) is 9.31. The molecule has 0 aliphatic carbocycles. The lowest BCUT2D eigenvalue weighted by atomic mass is 10.2. The quantitative estimate of drug-likeness (QED) is 0.521. The van der Waals surface area contributed by atoms with Crippen LogP contribution in [0.3, 0.4) is 0 Å². The highest BCUT2D eigenvalue weighted by Crippen LogP contribution is 2.22. The second kappa shape index (κ2) is 5.90. The number of hydrogen-bond donors (Lipinski definition) is 1. The van der Waals surface area contributed by atoms with Gasteiger partial charge in [0.25, 0.3) is 0 Å². The summed E-state index contributed by atoms with van der Waals surface area (Å²) in [5.74, 6) is 4.92. The largest absolute Gasteiger partial charge is 0.389 e. The van der Waals surface area contributed by atoms with E-state index in [1.165, 1.54) is 0 Å². The molecule has 0 amide bonds. The first-order valence-corrected chi connectivity index (χ1v) is 3.69. The van der Waals surface area contributed by atoms with Gasteiger partial charge in [-0.2, -0.15) is 13.2 Å². The van der Waals surface area contributed by atoms with Crippen LogP contribution in [-0.4, -0.2) is 17.9 Å². The number of alkyl halides is 3. The third-order valence-corrected chi connectivity index (χ3v) is 1.22. The topological polar surface area (TPSA) is 20.2 Å². The van der Waals surface area contributed by atoms with E-state index >= 15 is 0 Å². The molecule has 12 heavy (non-hydrogen) atoms. The summed E-state index contributed by atoms with van der Waals surface area (Å²) in [7, 11) is 0. The van der Waals surface area contributed by atoms with Crippen LogP contribution in [0.25, 0.3) is 0 Å². The van der Waals surface area contributed by atoms with E-state index in [2.05, 4.69) is 11.8 Å². The van der Waals surface area contributed by atoms with Crippen LogP contribution < -0.4 is 0 Å². The summed E-state index contributed by atoms with van der Waals surface area (Å²) in [6, 6.07) is 0. The van der Waals surface area contributed by atoms with Crippen molar-refractivity contribution >= 4 is 0 Å². The van der Waals surface area contributed by atoms with Crippen LogP contribution in [0, 0.1) is 11.8 Å². The van der Waals surface area contributed by atoms with E-state index < -0.39 is 12.6 Å². The average Bonchev–Trinajstić information content (AvgIpc) is 1.94. The zero-order chi connectivity index (χ0) is 9.45. The SMILES string of the molecule is OCC#CCCCCC(F)(F)F. The fraction of sp³-hybridized carbons (Fsp3) is 0.750. The molecule has 0 aromatic heterocycles. The predicted octanol–water partition coefficient (Wildman–Crippen LogP) is 2.10. The molecule has 0 unspecified atom stereocenters. The van der Waals surface area contributed by atoms with E-state index in [0.29, 0.717) is 12.8 Å². The number of unbranched alkanes of at least 4 members (excludes halogenated alkanes) is 2. The van der Waals surface area contributed by atoms with Crippen LogP contribution in [0.15, 0.2) is 0 Å². The highest BCUT2D eigenvalue weighted by molar-refractivity contribution is 4.98. The number of aliphatic hydroxyl groups is 1. The Morgan fingerprint density at radius 1 is 1.08 bits per heavy atom. The molecule has 0 saturated heterocycles. The summed E-state index contributed by atoms with van der Waals surface area (Å²) in [6.45, 7) is -0.223. The lowest BCUT2D eigenvalue weighted by molar-refractivity contribution is -0.135. The summed E-state index contributed by atoms with van der Waals surface area (Å²) in [4.78, 5) is 0. The minimum atomic E-state index is -4.05. The van der Waals surface area contributed by atoms with E-state index in [9.17, 15) is 13.2 Å². The predicted molar refractivity (Wildman–Crippen MR) is 39.4 cm³/mol. The molecular weight excluding hydrogens is 169 g/mol. The number of rotatable bonds is 3. The molecule has 0 heterocycles. The van der Waals surface area contributed by atoms with Crippen molar-refractivity contribution in [3.05, 3.63) is 0 Å². The van der Waals surface area contributed by atoms with Gasteiger partial charge in [-0.25, -0.2) is 0 Å². The molecule has 0 rings (SSSR count). The molecule has 1 N–H and O–H groups in total. The molecule has 70 valence electrons. The molecule has 0 saturated carbocycles. The molecule has 0 bridgehead atoms. The number of halogens is 3. The molecule has 0 aliphatic heterocycles. The summed E-state index contributed by atoms with van der Waals surface area (Å²) in [5, 5.41) is 8.20. The molecule has 0 radical (unpaired) electrons.